The third-order valence-electron chi connectivity index (χ3n) is 3.87. The van der Waals surface area contributed by atoms with Gasteiger partial charge < -0.3 is 10.2 Å². The van der Waals surface area contributed by atoms with E-state index in [0.29, 0.717) is 5.92 Å². The predicted molar refractivity (Wildman–Crippen MR) is 78.5 cm³/mol. The van der Waals surface area contributed by atoms with E-state index < -0.39 is 0 Å². The molecule has 3 nitrogen and oxygen atoms in total. The van der Waals surface area contributed by atoms with Crippen LogP contribution in [0.1, 0.15) is 34.3 Å². The van der Waals surface area contributed by atoms with Crippen LogP contribution in [-0.4, -0.2) is 37.5 Å². The number of nitrogens with zero attached hydrogens (tertiary/aromatic N) is 1. The lowest BCUT2D eigenvalue weighted by molar-refractivity contribution is 0.0939. The van der Waals surface area contributed by atoms with E-state index >= 15 is 0 Å². The Hall–Kier alpha value is -1.35. The van der Waals surface area contributed by atoms with Crippen molar-refractivity contribution in [3.8, 4) is 0 Å². The van der Waals surface area contributed by atoms with Crippen LogP contribution in [0.4, 0.5) is 0 Å². The standard InChI is InChI=1S/C16H24N2O/c1-12-8-13(2)10-15(9-12)16(19)17-11-14-4-6-18(3)7-5-14/h8-10,14H,4-7,11H2,1-3H3,(H,17,19). The molecule has 0 radical (unpaired) electrons. The van der Waals surface area contributed by atoms with E-state index in [1.807, 2.05) is 26.0 Å². The fourth-order valence-electron chi connectivity index (χ4n) is 2.71. The lowest BCUT2D eigenvalue weighted by Gasteiger charge is -2.28. The summed E-state index contributed by atoms with van der Waals surface area (Å²) in [7, 11) is 2.16. The molecule has 0 atom stereocenters. The van der Waals surface area contributed by atoms with E-state index in [4.69, 9.17) is 0 Å². The van der Waals surface area contributed by atoms with E-state index in [-0.39, 0.29) is 5.91 Å². The molecule has 1 N–H and O–H groups in total. The zero-order chi connectivity index (χ0) is 13.8. The first-order valence-electron chi connectivity index (χ1n) is 7.09. The van der Waals surface area contributed by atoms with E-state index in [9.17, 15) is 4.79 Å². The van der Waals surface area contributed by atoms with Gasteiger partial charge in [0.2, 0.25) is 0 Å². The summed E-state index contributed by atoms with van der Waals surface area (Å²) in [6.07, 6.45) is 2.37. The topological polar surface area (TPSA) is 32.3 Å². The molecule has 19 heavy (non-hydrogen) atoms. The average Bonchev–Trinajstić information content (AvgIpc) is 2.36. The lowest BCUT2D eigenvalue weighted by Crippen LogP contribution is -2.36. The largest absolute Gasteiger partial charge is 0.352 e. The molecule has 1 aromatic carbocycles. The molecule has 3 heteroatoms. The second-order valence-corrected chi connectivity index (χ2v) is 5.83. The normalized spacial score (nSPS) is 17.4. The number of carbonyl (C=O) groups is 1. The molecule has 1 amide bonds. The maximum Gasteiger partial charge on any atom is 0.251 e. The lowest BCUT2D eigenvalue weighted by atomic mass is 9.97. The molecular formula is C16H24N2O. The second kappa shape index (κ2) is 6.20. The number of amides is 1. The number of carbonyl (C=O) groups excluding carboxylic acids is 1. The van der Waals surface area contributed by atoms with Crippen LogP contribution in [0, 0.1) is 19.8 Å². The van der Waals surface area contributed by atoms with Crippen LogP contribution in [0.5, 0.6) is 0 Å². The molecule has 1 fully saturated rings. The molecule has 1 aliphatic rings. The minimum Gasteiger partial charge on any atom is -0.352 e. The summed E-state index contributed by atoms with van der Waals surface area (Å²) in [6.45, 7) is 7.15. The first-order valence-corrected chi connectivity index (χ1v) is 7.09. The number of aryl methyl sites for hydroxylation is 2. The Bertz CT molecular complexity index is 428. The second-order valence-electron chi connectivity index (χ2n) is 5.83. The first kappa shape index (κ1) is 14.1. The third kappa shape index (κ3) is 4.06. The number of hydrogen-bond donors (Lipinski definition) is 1. The Kier molecular flexibility index (Phi) is 4.59. The van der Waals surface area contributed by atoms with Gasteiger partial charge in [0, 0.05) is 12.1 Å². The van der Waals surface area contributed by atoms with Gasteiger partial charge in [0.1, 0.15) is 0 Å². The van der Waals surface area contributed by atoms with Crippen molar-refractivity contribution in [2.75, 3.05) is 26.7 Å². The van der Waals surface area contributed by atoms with Gasteiger partial charge in [-0.1, -0.05) is 17.2 Å². The van der Waals surface area contributed by atoms with Crippen molar-refractivity contribution in [1.29, 1.82) is 0 Å². The van der Waals surface area contributed by atoms with Crippen LogP contribution in [0.2, 0.25) is 0 Å². The SMILES string of the molecule is Cc1cc(C)cc(C(=O)NCC2CCN(C)CC2)c1. The molecule has 0 spiro atoms. The van der Waals surface area contributed by atoms with Gasteiger partial charge in [-0.05, 0) is 64.9 Å². The van der Waals surface area contributed by atoms with Crippen molar-refractivity contribution in [2.24, 2.45) is 5.92 Å². The minimum absolute atomic E-state index is 0.0609. The molecule has 104 valence electrons. The number of piperidine rings is 1. The quantitative estimate of drug-likeness (QED) is 0.905. The molecule has 0 aliphatic carbocycles. The van der Waals surface area contributed by atoms with Crippen LogP contribution < -0.4 is 5.32 Å². The molecule has 0 saturated carbocycles. The molecule has 1 aromatic rings. The van der Waals surface area contributed by atoms with Gasteiger partial charge in [0.15, 0.2) is 0 Å². The van der Waals surface area contributed by atoms with Gasteiger partial charge in [-0.2, -0.15) is 0 Å². The fraction of sp³-hybridized carbons (Fsp3) is 0.562. The molecule has 0 unspecified atom stereocenters. The summed E-state index contributed by atoms with van der Waals surface area (Å²) in [5.41, 5.74) is 3.07. The summed E-state index contributed by atoms with van der Waals surface area (Å²) in [6, 6.07) is 6.00. The van der Waals surface area contributed by atoms with Gasteiger partial charge in [0.25, 0.3) is 5.91 Å². The highest BCUT2D eigenvalue weighted by Gasteiger charge is 2.17. The Labute approximate surface area is 116 Å². The van der Waals surface area contributed by atoms with Crippen molar-refractivity contribution in [3.05, 3.63) is 34.9 Å². The Morgan fingerprint density at radius 2 is 1.79 bits per heavy atom. The number of rotatable bonds is 3. The van der Waals surface area contributed by atoms with E-state index in [1.165, 1.54) is 12.8 Å². The molecule has 2 rings (SSSR count). The summed E-state index contributed by atoms with van der Waals surface area (Å²) < 4.78 is 0. The number of benzene rings is 1. The van der Waals surface area contributed by atoms with Crippen molar-refractivity contribution >= 4 is 5.91 Å². The van der Waals surface area contributed by atoms with Crippen molar-refractivity contribution in [1.82, 2.24) is 10.2 Å². The minimum atomic E-state index is 0.0609. The van der Waals surface area contributed by atoms with Gasteiger partial charge in [0.05, 0.1) is 0 Å². The van der Waals surface area contributed by atoms with E-state index in [2.05, 4.69) is 23.3 Å². The zero-order valence-corrected chi connectivity index (χ0v) is 12.2. The molecular weight excluding hydrogens is 236 g/mol. The summed E-state index contributed by atoms with van der Waals surface area (Å²) >= 11 is 0. The number of nitrogens with one attached hydrogen (secondary N) is 1. The van der Waals surface area contributed by atoms with Crippen molar-refractivity contribution < 1.29 is 4.79 Å². The van der Waals surface area contributed by atoms with Crippen molar-refractivity contribution in [3.63, 3.8) is 0 Å². The van der Waals surface area contributed by atoms with Gasteiger partial charge in [-0.15, -0.1) is 0 Å². The van der Waals surface area contributed by atoms with Crippen LogP contribution in [0.3, 0.4) is 0 Å². The zero-order valence-electron chi connectivity index (χ0n) is 12.2. The molecule has 0 bridgehead atoms. The number of likely N-dealkylation sites (tertiary alicyclic amines) is 1. The van der Waals surface area contributed by atoms with Crippen LogP contribution in [-0.2, 0) is 0 Å². The summed E-state index contributed by atoms with van der Waals surface area (Å²) in [4.78, 5) is 14.5. The van der Waals surface area contributed by atoms with Crippen LogP contribution >= 0.6 is 0 Å². The average molecular weight is 260 g/mol. The third-order valence-corrected chi connectivity index (χ3v) is 3.87. The maximum absolute atomic E-state index is 12.1. The van der Waals surface area contributed by atoms with E-state index in [0.717, 1.165) is 36.3 Å². The van der Waals surface area contributed by atoms with Crippen molar-refractivity contribution in [2.45, 2.75) is 26.7 Å². The summed E-state index contributed by atoms with van der Waals surface area (Å²) in [5.74, 6) is 0.691. The smallest absolute Gasteiger partial charge is 0.251 e. The van der Waals surface area contributed by atoms with Gasteiger partial charge >= 0.3 is 0 Å². The first-order chi connectivity index (χ1) is 9.04. The highest BCUT2D eigenvalue weighted by Crippen LogP contribution is 2.15. The fourth-order valence-corrected chi connectivity index (χ4v) is 2.71. The highest BCUT2D eigenvalue weighted by atomic mass is 16.1. The van der Waals surface area contributed by atoms with Crippen LogP contribution in [0.15, 0.2) is 18.2 Å². The van der Waals surface area contributed by atoms with Crippen LogP contribution in [0.25, 0.3) is 0 Å². The molecule has 1 saturated heterocycles. The number of hydrogen-bond acceptors (Lipinski definition) is 2. The van der Waals surface area contributed by atoms with Gasteiger partial charge in [-0.25, -0.2) is 0 Å². The Balaban J connectivity index is 1.87. The molecule has 0 aromatic heterocycles. The van der Waals surface area contributed by atoms with E-state index in [1.54, 1.807) is 0 Å². The highest BCUT2D eigenvalue weighted by molar-refractivity contribution is 5.94. The molecule has 1 heterocycles. The van der Waals surface area contributed by atoms with Gasteiger partial charge in [-0.3, -0.25) is 4.79 Å². The Morgan fingerprint density at radius 1 is 1.21 bits per heavy atom. The maximum atomic E-state index is 12.1. The summed E-state index contributed by atoms with van der Waals surface area (Å²) in [5, 5.41) is 3.08. The Morgan fingerprint density at radius 3 is 2.37 bits per heavy atom. The monoisotopic (exact) mass is 260 g/mol. The predicted octanol–water partition coefficient (Wildman–Crippen LogP) is 2.38. The molecule has 1 aliphatic heterocycles.